The minimum Gasteiger partial charge on any atom is -0.478 e. The molecule has 31 heavy (non-hydrogen) atoms. The number of ether oxygens (including phenoxy) is 2. The first-order valence-corrected chi connectivity index (χ1v) is 11.4. The van der Waals surface area contributed by atoms with Crippen molar-refractivity contribution in [1.29, 1.82) is 0 Å². The van der Waals surface area contributed by atoms with Crippen LogP contribution in [-0.2, 0) is 9.47 Å². The molecule has 1 rings (SSSR count). The molecule has 0 atom stereocenters. The van der Waals surface area contributed by atoms with E-state index in [1.54, 1.807) is 0 Å². The molecule has 6 nitrogen and oxygen atoms in total. The Morgan fingerprint density at radius 2 is 1.16 bits per heavy atom. The third-order valence-corrected chi connectivity index (χ3v) is 5.04. The van der Waals surface area contributed by atoms with Crippen LogP contribution in [-0.4, -0.2) is 36.2 Å². The van der Waals surface area contributed by atoms with Gasteiger partial charge in [-0.1, -0.05) is 72.3 Å². The van der Waals surface area contributed by atoms with Gasteiger partial charge in [-0.25, -0.2) is 14.4 Å². The van der Waals surface area contributed by atoms with Crippen molar-refractivity contribution in [2.75, 3.05) is 13.2 Å². The van der Waals surface area contributed by atoms with Crippen molar-refractivity contribution in [3.63, 3.8) is 0 Å². The van der Waals surface area contributed by atoms with Gasteiger partial charge < -0.3 is 14.6 Å². The van der Waals surface area contributed by atoms with E-state index in [1.165, 1.54) is 18.2 Å². The van der Waals surface area contributed by atoms with E-state index in [2.05, 4.69) is 27.7 Å². The number of unbranched alkanes of at least 4 members (excludes halogenated alkanes) is 4. The quantitative estimate of drug-likeness (QED) is 0.264. The number of carboxylic acid groups (broad SMARTS) is 1. The highest BCUT2D eigenvalue weighted by Gasteiger charge is 2.25. The fourth-order valence-corrected chi connectivity index (χ4v) is 3.27. The van der Waals surface area contributed by atoms with Crippen molar-refractivity contribution in [3.8, 4) is 0 Å². The Morgan fingerprint density at radius 1 is 0.742 bits per heavy atom. The van der Waals surface area contributed by atoms with Crippen molar-refractivity contribution in [2.45, 2.75) is 79.1 Å². The number of esters is 2. The molecule has 6 heteroatoms. The second kappa shape index (κ2) is 14.6. The minimum atomic E-state index is -1.35. The molecule has 0 heterocycles. The number of aromatic carboxylic acids is 1. The van der Waals surface area contributed by atoms with E-state index in [1.807, 2.05) is 0 Å². The molecule has 0 fully saturated rings. The molecule has 1 N–H and O–H groups in total. The largest absolute Gasteiger partial charge is 0.478 e. The van der Waals surface area contributed by atoms with Crippen molar-refractivity contribution < 1.29 is 29.0 Å². The van der Waals surface area contributed by atoms with Crippen LogP contribution in [0.2, 0.25) is 0 Å². The maximum atomic E-state index is 12.4. The average molecular weight is 435 g/mol. The topological polar surface area (TPSA) is 89.9 Å². The summed E-state index contributed by atoms with van der Waals surface area (Å²) in [6.45, 7) is 9.11. The van der Waals surface area contributed by atoms with Crippen molar-refractivity contribution in [2.24, 2.45) is 11.8 Å². The summed E-state index contributed by atoms with van der Waals surface area (Å²) in [6.07, 6.45) is 7.71. The van der Waals surface area contributed by atoms with Crippen LogP contribution in [0.1, 0.15) is 110 Å². The van der Waals surface area contributed by atoms with E-state index >= 15 is 0 Å². The van der Waals surface area contributed by atoms with Crippen LogP contribution in [0.3, 0.4) is 0 Å². The summed E-state index contributed by atoms with van der Waals surface area (Å²) in [7, 11) is 0. The molecule has 0 aliphatic heterocycles. The van der Waals surface area contributed by atoms with Crippen LogP contribution in [0.5, 0.6) is 0 Å². The maximum absolute atomic E-state index is 12.4. The number of rotatable bonds is 15. The fourth-order valence-electron chi connectivity index (χ4n) is 3.27. The molecule has 0 aliphatic rings. The van der Waals surface area contributed by atoms with E-state index < -0.39 is 17.9 Å². The standard InChI is InChI=1S/C25H38O6/c1-18(2)12-7-5-9-16-30-24(28)20-14-11-15-21(22(20)23(26)27)25(29)31-17-10-6-8-13-19(3)4/h11,14-15,18-19H,5-10,12-13,16-17H2,1-4H3,(H,26,27). The van der Waals surface area contributed by atoms with Crippen LogP contribution < -0.4 is 0 Å². The number of carboxylic acids is 1. The lowest BCUT2D eigenvalue weighted by molar-refractivity contribution is 0.0476. The first-order valence-electron chi connectivity index (χ1n) is 11.4. The smallest absolute Gasteiger partial charge is 0.339 e. The average Bonchev–Trinajstić information content (AvgIpc) is 2.71. The Hall–Kier alpha value is -2.37. The first kappa shape index (κ1) is 26.7. The summed E-state index contributed by atoms with van der Waals surface area (Å²) in [5.41, 5.74) is -0.612. The summed E-state index contributed by atoms with van der Waals surface area (Å²) in [6, 6.07) is 4.21. The van der Waals surface area contributed by atoms with Crippen LogP contribution in [0, 0.1) is 11.8 Å². The van der Waals surface area contributed by atoms with Gasteiger partial charge in [0.1, 0.15) is 0 Å². The molecule has 1 aromatic rings. The third kappa shape index (κ3) is 10.5. The van der Waals surface area contributed by atoms with Gasteiger partial charge in [0.25, 0.3) is 0 Å². The zero-order chi connectivity index (χ0) is 23.2. The lowest BCUT2D eigenvalue weighted by atomic mass is 10.0. The predicted octanol–water partition coefficient (Wildman–Crippen LogP) is 6.13. The lowest BCUT2D eigenvalue weighted by Crippen LogP contribution is -2.18. The number of benzene rings is 1. The highest BCUT2D eigenvalue weighted by atomic mass is 16.5. The molecular formula is C25H38O6. The van der Waals surface area contributed by atoms with Gasteiger partial charge in [-0.2, -0.15) is 0 Å². The highest BCUT2D eigenvalue weighted by Crippen LogP contribution is 2.19. The van der Waals surface area contributed by atoms with Crippen LogP contribution >= 0.6 is 0 Å². The van der Waals surface area contributed by atoms with Crippen molar-refractivity contribution >= 4 is 17.9 Å². The van der Waals surface area contributed by atoms with Crippen LogP contribution in [0.15, 0.2) is 18.2 Å². The molecule has 0 saturated carbocycles. The monoisotopic (exact) mass is 434 g/mol. The van der Waals surface area contributed by atoms with Gasteiger partial charge in [-0.3, -0.25) is 0 Å². The maximum Gasteiger partial charge on any atom is 0.339 e. The Kier molecular flexibility index (Phi) is 12.6. The Balaban J connectivity index is 2.64. The Labute approximate surface area is 186 Å². The molecule has 1 aromatic carbocycles. The number of hydrogen-bond acceptors (Lipinski definition) is 5. The van der Waals surface area contributed by atoms with E-state index in [4.69, 9.17) is 9.47 Å². The molecule has 0 unspecified atom stereocenters. The summed E-state index contributed by atoms with van der Waals surface area (Å²) in [5.74, 6) is -1.53. The van der Waals surface area contributed by atoms with Crippen LogP contribution in [0.25, 0.3) is 0 Å². The van der Waals surface area contributed by atoms with E-state index in [9.17, 15) is 19.5 Å². The van der Waals surface area contributed by atoms with E-state index in [0.29, 0.717) is 11.8 Å². The lowest BCUT2D eigenvalue weighted by Gasteiger charge is -2.12. The molecule has 0 amide bonds. The summed E-state index contributed by atoms with van der Waals surface area (Å²) < 4.78 is 10.5. The summed E-state index contributed by atoms with van der Waals surface area (Å²) in [5, 5.41) is 9.62. The zero-order valence-electron chi connectivity index (χ0n) is 19.4. The molecule has 0 bridgehead atoms. The molecule has 174 valence electrons. The summed E-state index contributed by atoms with van der Waals surface area (Å²) in [4.78, 5) is 36.7. The molecule has 0 saturated heterocycles. The third-order valence-electron chi connectivity index (χ3n) is 5.04. The molecule has 0 aliphatic carbocycles. The highest BCUT2D eigenvalue weighted by molar-refractivity contribution is 6.09. The van der Waals surface area contributed by atoms with Gasteiger partial charge >= 0.3 is 17.9 Å². The fraction of sp³-hybridized carbons (Fsp3) is 0.640. The zero-order valence-corrected chi connectivity index (χ0v) is 19.4. The van der Waals surface area contributed by atoms with Gasteiger partial charge in [0, 0.05) is 0 Å². The van der Waals surface area contributed by atoms with Gasteiger partial charge in [0.05, 0.1) is 29.9 Å². The Morgan fingerprint density at radius 3 is 1.52 bits per heavy atom. The van der Waals surface area contributed by atoms with Crippen molar-refractivity contribution in [3.05, 3.63) is 34.9 Å². The number of carbonyl (C=O) groups excluding carboxylic acids is 2. The van der Waals surface area contributed by atoms with Gasteiger partial charge in [0.2, 0.25) is 0 Å². The molecule has 0 radical (unpaired) electrons. The van der Waals surface area contributed by atoms with Crippen LogP contribution in [0.4, 0.5) is 0 Å². The van der Waals surface area contributed by atoms with E-state index in [-0.39, 0.29) is 29.9 Å². The molecule has 0 spiro atoms. The SMILES string of the molecule is CC(C)CCCCCOC(=O)c1cccc(C(=O)OCCCCCC(C)C)c1C(=O)O. The number of carbonyl (C=O) groups is 3. The predicted molar refractivity (Wildman–Crippen MR) is 121 cm³/mol. The second-order valence-corrected chi connectivity index (χ2v) is 8.79. The normalized spacial score (nSPS) is 11.0. The van der Waals surface area contributed by atoms with Gasteiger partial charge in [0.15, 0.2) is 0 Å². The Bertz CT molecular complexity index is 658. The summed E-state index contributed by atoms with van der Waals surface area (Å²) >= 11 is 0. The van der Waals surface area contributed by atoms with E-state index in [0.717, 1.165) is 51.4 Å². The van der Waals surface area contributed by atoms with Crippen molar-refractivity contribution in [1.82, 2.24) is 0 Å². The van der Waals surface area contributed by atoms with Gasteiger partial charge in [-0.05, 0) is 36.8 Å². The molecule has 0 aromatic heterocycles. The molecular weight excluding hydrogens is 396 g/mol. The minimum absolute atomic E-state index is 0.124. The number of hydrogen-bond donors (Lipinski definition) is 1. The second-order valence-electron chi connectivity index (χ2n) is 8.79. The van der Waals surface area contributed by atoms with Gasteiger partial charge in [-0.15, -0.1) is 0 Å². The first-order chi connectivity index (χ1) is 14.7.